The number of rotatable bonds is 3. The highest BCUT2D eigenvalue weighted by Crippen LogP contribution is 2.32. The zero-order chi connectivity index (χ0) is 18.5. The Morgan fingerprint density at radius 3 is 2.22 bits per heavy atom. The molecule has 0 radical (unpaired) electrons. The second-order valence-electron chi connectivity index (χ2n) is 6.60. The monoisotopic (exact) mass is 349 g/mol. The lowest BCUT2D eigenvalue weighted by Crippen LogP contribution is -2.18. The van der Waals surface area contributed by atoms with E-state index in [2.05, 4.69) is 41.3 Å². The van der Waals surface area contributed by atoms with Gasteiger partial charge in [0.1, 0.15) is 5.70 Å². The van der Waals surface area contributed by atoms with Crippen LogP contribution in [0.25, 0.3) is 5.70 Å². The Morgan fingerprint density at radius 2 is 1.48 bits per heavy atom. The normalized spacial score (nSPS) is 14.4. The molecule has 1 N–H and O–H groups in total. The molecule has 2 heteroatoms. The third kappa shape index (κ3) is 3.85. The van der Waals surface area contributed by atoms with E-state index in [0.717, 1.165) is 29.5 Å². The summed E-state index contributed by atoms with van der Waals surface area (Å²) < 4.78 is 0. The highest BCUT2D eigenvalue weighted by molar-refractivity contribution is 5.86. The molecular formula is C25H19NO. The van der Waals surface area contributed by atoms with Crippen LogP contribution in [0.2, 0.25) is 0 Å². The maximum Gasteiger partial charge on any atom is 0.150 e. The van der Waals surface area contributed by atoms with Gasteiger partial charge in [0.25, 0.3) is 0 Å². The number of hydrogen-bond donors (Lipinski definition) is 1. The average molecular weight is 349 g/mol. The average Bonchev–Trinajstić information content (AvgIpc) is 3.15. The molecule has 27 heavy (non-hydrogen) atoms. The number of hydrogen-bond acceptors (Lipinski definition) is 2. The number of aryl methyl sites for hydroxylation is 1. The molecule has 0 heterocycles. The largest absolute Gasteiger partial charge is 0.369 e. The second-order valence-corrected chi connectivity index (χ2v) is 6.60. The molecule has 0 aromatic heterocycles. The van der Waals surface area contributed by atoms with Crippen molar-refractivity contribution in [3.63, 3.8) is 0 Å². The van der Waals surface area contributed by atoms with Gasteiger partial charge in [-0.15, -0.1) is 0 Å². The summed E-state index contributed by atoms with van der Waals surface area (Å²) in [5.74, 6) is 8.37. The summed E-state index contributed by atoms with van der Waals surface area (Å²) in [6.07, 6.45) is 2.03. The highest BCUT2D eigenvalue weighted by atomic mass is 16.1. The van der Waals surface area contributed by atoms with E-state index in [0.29, 0.717) is 5.70 Å². The first kappa shape index (κ1) is 16.9. The molecular weight excluding hydrogens is 330 g/mol. The van der Waals surface area contributed by atoms with Crippen LogP contribution in [0.3, 0.4) is 0 Å². The van der Waals surface area contributed by atoms with E-state index in [1.807, 2.05) is 60.7 Å². The Balaban J connectivity index is 1.50. The van der Waals surface area contributed by atoms with Crippen LogP contribution in [0.4, 0.5) is 0 Å². The van der Waals surface area contributed by atoms with Crippen LogP contribution in [0.1, 0.15) is 40.3 Å². The van der Waals surface area contributed by atoms with E-state index < -0.39 is 0 Å². The van der Waals surface area contributed by atoms with Crippen LogP contribution in [0.15, 0.2) is 78.9 Å². The van der Waals surface area contributed by atoms with E-state index in [1.54, 1.807) is 0 Å². The number of fused-ring (bicyclic) bond motifs is 1. The third-order valence-electron chi connectivity index (χ3n) is 4.85. The molecule has 0 aliphatic heterocycles. The molecule has 0 saturated heterocycles. The van der Waals surface area contributed by atoms with Crippen molar-refractivity contribution in [3.8, 4) is 11.8 Å². The summed E-state index contributed by atoms with van der Waals surface area (Å²) in [6.45, 7) is 0. The molecule has 3 aromatic carbocycles. The van der Waals surface area contributed by atoms with Gasteiger partial charge in [0.15, 0.2) is 5.94 Å². The zero-order valence-corrected chi connectivity index (χ0v) is 14.9. The van der Waals surface area contributed by atoms with E-state index in [-0.39, 0.29) is 6.04 Å². The highest BCUT2D eigenvalue weighted by Gasteiger charge is 2.22. The van der Waals surface area contributed by atoms with Gasteiger partial charge in [-0.3, -0.25) is 0 Å². The molecule has 2 nitrogen and oxygen atoms in total. The predicted molar refractivity (Wildman–Crippen MR) is 109 cm³/mol. The Hall–Kier alpha value is -3.53. The summed E-state index contributed by atoms with van der Waals surface area (Å²) in [5.41, 5.74) is 5.86. The molecule has 1 atom stereocenters. The maximum absolute atomic E-state index is 11.5. The van der Waals surface area contributed by atoms with Crippen molar-refractivity contribution in [2.45, 2.75) is 18.9 Å². The number of benzene rings is 3. The van der Waals surface area contributed by atoms with Gasteiger partial charge in [-0.05, 0) is 48.2 Å². The topological polar surface area (TPSA) is 29.1 Å². The van der Waals surface area contributed by atoms with Crippen molar-refractivity contribution < 1.29 is 4.79 Å². The van der Waals surface area contributed by atoms with Gasteiger partial charge >= 0.3 is 0 Å². The standard InChI is InChI=1S/C25H19NO/c27-18-25(26-24-17-16-21-8-4-5-9-23(21)24)22-14-12-20(13-15-22)11-10-19-6-2-1-3-7-19/h1-9,12-15,24,26H,16-17H2. The van der Waals surface area contributed by atoms with Crippen LogP contribution in [0, 0.1) is 11.8 Å². The zero-order valence-electron chi connectivity index (χ0n) is 14.9. The first-order valence-corrected chi connectivity index (χ1v) is 9.10. The third-order valence-corrected chi connectivity index (χ3v) is 4.85. The number of nitrogens with one attached hydrogen (secondary N) is 1. The fourth-order valence-corrected chi connectivity index (χ4v) is 3.44. The minimum Gasteiger partial charge on any atom is -0.369 e. The van der Waals surface area contributed by atoms with Gasteiger partial charge in [0.2, 0.25) is 0 Å². The van der Waals surface area contributed by atoms with E-state index in [1.165, 1.54) is 11.1 Å². The Kier molecular flexibility index (Phi) is 4.88. The smallest absolute Gasteiger partial charge is 0.150 e. The van der Waals surface area contributed by atoms with Gasteiger partial charge in [0.05, 0.1) is 6.04 Å². The molecule has 0 fully saturated rings. The summed E-state index contributed by atoms with van der Waals surface area (Å²) in [4.78, 5) is 11.5. The van der Waals surface area contributed by atoms with Crippen molar-refractivity contribution in [1.29, 1.82) is 0 Å². The fourth-order valence-electron chi connectivity index (χ4n) is 3.44. The Bertz CT molecular complexity index is 1050. The SMILES string of the molecule is O=C=C(NC1CCc2ccccc21)c1ccc(C#Cc2ccccc2)cc1. The first-order chi connectivity index (χ1) is 13.3. The lowest BCUT2D eigenvalue weighted by molar-refractivity contribution is 0.565. The molecule has 0 saturated carbocycles. The van der Waals surface area contributed by atoms with Crippen molar-refractivity contribution in [2.75, 3.05) is 0 Å². The van der Waals surface area contributed by atoms with E-state index in [4.69, 9.17) is 0 Å². The first-order valence-electron chi connectivity index (χ1n) is 9.10. The molecule has 3 aromatic rings. The van der Waals surface area contributed by atoms with Crippen LogP contribution in [0.5, 0.6) is 0 Å². The van der Waals surface area contributed by atoms with Crippen LogP contribution in [-0.4, -0.2) is 5.94 Å². The summed E-state index contributed by atoms with van der Waals surface area (Å²) >= 11 is 0. The lowest BCUT2D eigenvalue weighted by atomic mass is 10.1. The Labute approximate surface area is 159 Å². The Morgan fingerprint density at radius 1 is 0.815 bits per heavy atom. The predicted octanol–water partition coefficient (Wildman–Crippen LogP) is 4.54. The lowest BCUT2D eigenvalue weighted by Gasteiger charge is -2.16. The van der Waals surface area contributed by atoms with Gasteiger partial charge < -0.3 is 5.32 Å². The van der Waals surface area contributed by atoms with Crippen LogP contribution >= 0.6 is 0 Å². The quantitative estimate of drug-likeness (QED) is 0.556. The van der Waals surface area contributed by atoms with E-state index >= 15 is 0 Å². The molecule has 1 aliphatic rings. The van der Waals surface area contributed by atoms with Crippen molar-refractivity contribution in [3.05, 3.63) is 107 Å². The van der Waals surface area contributed by atoms with Gasteiger partial charge in [0, 0.05) is 16.7 Å². The number of carbonyl (C=O) groups excluding carboxylic acids is 1. The molecule has 130 valence electrons. The van der Waals surface area contributed by atoms with Crippen molar-refractivity contribution in [1.82, 2.24) is 5.32 Å². The second kappa shape index (κ2) is 7.79. The van der Waals surface area contributed by atoms with Crippen LogP contribution < -0.4 is 5.32 Å². The molecule has 1 aliphatic carbocycles. The summed E-state index contributed by atoms with van der Waals surface area (Å²) in [7, 11) is 0. The van der Waals surface area contributed by atoms with Gasteiger partial charge in [-0.2, -0.15) is 0 Å². The van der Waals surface area contributed by atoms with Gasteiger partial charge in [-0.25, -0.2) is 4.79 Å². The molecule has 0 bridgehead atoms. The van der Waals surface area contributed by atoms with Gasteiger partial charge in [-0.1, -0.05) is 66.4 Å². The van der Waals surface area contributed by atoms with Crippen molar-refractivity contribution >= 4 is 11.6 Å². The van der Waals surface area contributed by atoms with Crippen molar-refractivity contribution in [2.24, 2.45) is 0 Å². The maximum atomic E-state index is 11.5. The molecule has 0 spiro atoms. The molecule has 1 unspecified atom stereocenters. The molecule has 4 rings (SSSR count). The van der Waals surface area contributed by atoms with E-state index in [9.17, 15) is 4.79 Å². The van der Waals surface area contributed by atoms with Crippen LogP contribution in [-0.2, 0) is 11.2 Å². The minimum atomic E-state index is 0.162. The molecule has 0 amide bonds. The minimum absolute atomic E-state index is 0.162. The summed E-state index contributed by atoms with van der Waals surface area (Å²) in [6, 6.07) is 26.2. The summed E-state index contributed by atoms with van der Waals surface area (Å²) in [5, 5.41) is 3.37. The fraction of sp³-hybridized carbons (Fsp3) is 0.120.